The fraction of sp³-hybridized carbons (Fsp3) is 0.273. The van der Waals surface area contributed by atoms with Crippen LogP contribution >= 0.6 is 0 Å². The lowest BCUT2D eigenvalue weighted by Gasteiger charge is -2.16. The first kappa shape index (κ1) is 20.3. The van der Waals surface area contributed by atoms with Crippen LogP contribution in [0.5, 0.6) is 0 Å². The molecule has 30 heavy (non-hydrogen) atoms. The number of benzene rings is 2. The molecule has 1 fully saturated rings. The van der Waals surface area contributed by atoms with Gasteiger partial charge in [0.25, 0.3) is 0 Å². The van der Waals surface area contributed by atoms with Gasteiger partial charge in [0.05, 0.1) is 10.4 Å². The molecule has 0 saturated carbocycles. The minimum absolute atomic E-state index is 0.0775. The van der Waals surface area contributed by atoms with Crippen LogP contribution in [0.15, 0.2) is 59.5 Å². The van der Waals surface area contributed by atoms with Crippen molar-refractivity contribution in [2.45, 2.75) is 24.7 Å². The van der Waals surface area contributed by atoms with Crippen LogP contribution in [0.2, 0.25) is 0 Å². The molecular weight excluding hydrogens is 400 g/mol. The van der Waals surface area contributed by atoms with Gasteiger partial charge in [-0.15, -0.1) is 0 Å². The summed E-state index contributed by atoms with van der Waals surface area (Å²) in [4.78, 5) is 18.2. The Hall–Kier alpha value is -2.97. The molecule has 0 radical (unpaired) electrons. The Labute approximate surface area is 176 Å². The number of aromatic nitrogens is 1. The number of para-hydroxylation sites is 1. The van der Waals surface area contributed by atoms with Crippen LogP contribution in [-0.2, 0) is 14.8 Å². The van der Waals surface area contributed by atoms with Gasteiger partial charge in [0.2, 0.25) is 15.9 Å². The van der Waals surface area contributed by atoms with Crippen LogP contribution in [0.3, 0.4) is 0 Å². The molecule has 1 saturated heterocycles. The highest BCUT2D eigenvalue weighted by atomic mass is 32.2. The van der Waals surface area contributed by atoms with Crippen LogP contribution in [0, 0.1) is 6.92 Å². The normalized spacial score (nSPS) is 14.4. The van der Waals surface area contributed by atoms with E-state index in [0.29, 0.717) is 19.5 Å². The summed E-state index contributed by atoms with van der Waals surface area (Å²) in [5.41, 5.74) is 3.46. The van der Waals surface area contributed by atoms with Gasteiger partial charge in [-0.05, 0) is 49.7 Å². The second-order valence-electron chi connectivity index (χ2n) is 7.30. The highest BCUT2D eigenvalue weighted by Gasteiger charge is 2.22. The van der Waals surface area contributed by atoms with Gasteiger partial charge in [0.1, 0.15) is 0 Å². The molecule has 0 spiro atoms. The standard InChI is InChI=1S/C22H24N4O3S/c1-16-15-21(19-5-2-3-6-20(19)25-16)23-12-13-24-30(28,29)18-10-8-17(9-11-18)26-14-4-7-22(26)27/h2-3,5-6,8-11,15,24H,4,7,12-14H2,1H3,(H,23,25). The number of rotatable bonds is 7. The van der Waals surface area contributed by atoms with Crippen molar-refractivity contribution in [1.29, 1.82) is 0 Å². The monoisotopic (exact) mass is 424 g/mol. The highest BCUT2D eigenvalue weighted by Crippen LogP contribution is 2.24. The smallest absolute Gasteiger partial charge is 0.240 e. The maximum absolute atomic E-state index is 12.6. The van der Waals surface area contributed by atoms with Crippen molar-refractivity contribution < 1.29 is 13.2 Å². The van der Waals surface area contributed by atoms with Crippen LogP contribution in [0.25, 0.3) is 10.9 Å². The van der Waals surface area contributed by atoms with Crippen LogP contribution in [0.1, 0.15) is 18.5 Å². The number of nitrogens with one attached hydrogen (secondary N) is 2. The number of carbonyl (C=O) groups is 1. The topological polar surface area (TPSA) is 91.4 Å². The number of amides is 1. The maximum Gasteiger partial charge on any atom is 0.240 e. The summed E-state index contributed by atoms with van der Waals surface area (Å²) in [6, 6.07) is 16.2. The number of anilines is 2. The first-order valence-electron chi connectivity index (χ1n) is 9.94. The third kappa shape index (κ3) is 4.29. The molecule has 4 rings (SSSR count). The largest absolute Gasteiger partial charge is 0.383 e. The van der Waals surface area contributed by atoms with Gasteiger partial charge in [-0.2, -0.15) is 0 Å². The second kappa shape index (κ2) is 8.41. The van der Waals surface area contributed by atoms with E-state index in [1.807, 2.05) is 37.3 Å². The van der Waals surface area contributed by atoms with Gasteiger partial charge in [-0.3, -0.25) is 9.78 Å². The van der Waals surface area contributed by atoms with E-state index in [-0.39, 0.29) is 17.3 Å². The van der Waals surface area contributed by atoms with Crippen molar-refractivity contribution in [3.8, 4) is 0 Å². The Morgan fingerprint density at radius 3 is 2.57 bits per heavy atom. The lowest BCUT2D eigenvalue weighted by atomic mass is 10.1. The van der Waals surface area contributed by atoms with Gasteiger partial charge in [0.15, 0.2) is 0 Å². The van der Waals surface area contributed by atoms with Crippen LogP contribution in [-0.4, -0.2) is 38.9 Å². The molecule has 156 valence electrons. The molecule has 1 aliphatic rings. The molecule has 2 aromatic carbocycles. The lowest BCUT2D eigenvalue weighted by Crippen LogP contribution is -2.29. The molecule has 0 bridgehead atoms. The van der Waals surface area contributed by atoms with Crippen molar-refractivity contribution >= 4 is 38.2 Å². The summed E-state index contributed by atoms with van der Waals surface area (Å²) in [5, 5.41) is 4.29. The summed E-state index contributed by atoms with van der Waals surface area (Å²) in [6.45, 7) is 3.29. The first-order valence-corrected chi connectivity index (χ1v) is 11.4. The maximum atomic E-state index is 12.6. The second-order valence-corrected chi connectivity index (χ2v) is 9.06. The number of fused-ring (bicyclic) bond motifs is 1. The number of pyridine rings is 1. The Bertz CT molecular complexity index is 1180. The van der Waals surface area contributed by atoms with Crippen molar-refractivity contribution in [1.82, 2.24) is 9.71 Å². The summed E-state index contributed by atoms with van der Waals surface area (Å²) in [5.74, 6) is 0.0775. The van der Waals surface area contributed by atoms with Gasteiger partial charge in [-0.1, -0.05) is 18.2 Å². The summed E-state index contributed by atoms with van der Waals surface area (Å²) in [6.07, 6.45) is 1.38. The third-order valence-electron chi connectivity index (χ3n) is 5.11. The molecule has 8 heteroatoms. The molecule has 0 unspecified atom stereocenters. The predicted octanol–water partition coefficient (Wildman–Crippen LogP) is 3.06. The molecule has 0 atom stereocenters. The minimum Gasteiger partial charge on any atom is -0.383 e. The molecular formula is C22H24N4O3S. The number of aryl methyl sites for hydroxylation is 1. The Balaban J connectivity index is 1.37. The van der Waals surface area contributed by atoms with E-state index in [1.54, 1.807) is 17.0 Å². The van der Waals surface area contributed by atoms with Crippen LogP contribution in [0.4, 0.5) is 11.4 Å². The number of hydrogen-bond donors (Lipinski definition) is 2. The van der Waals surface area contributed by atoms with E-state index in [2.05, 4.69) is 15.0 Å². The van der Waals surface area contributed by atoms with Crippen molar-refractivity contribution in [3.05, 3.63) is 60.3 Å². The molecule has 3 aromatic rings. The Morgan fingerprint density at radius 1 is 1.07 bits per heavy atom. The summed E-state index contributed by atoms with van der Waals surface area (Å²) in [7, 11) is -3.62. The zero-order chi connectivity index (χ0) is 21.1. The number of sulfonamides is 1. The first-order chi connectivity index (χ1) is 14.4. The average Bonchev–Trinajstić information content (AvgIpc) is 3.17. The van der Waals surface area contributed by atoms with Gasteiger partial charge < -0.3 is 10.2 Å². The molecule has 7 nitrogen and oxygen atoms in total. The molecule has 2 heterocycles. The lowest BCUT2D eigenvalue weighted by molar-refractivity contribution is -0.117. The molecule has 1 aromatic heterocycles. The van der Waals surface area contributed by atoms with E-state index >= 15 is 0 Å². The number of nitrogens with zero attached hydrogens (tertiary/aromatic N) is 2. The Kier molecular flexibility index (Phi) is 5.69. The highest BCUT2D eigenvalue weighted by molar-refractivity contribution is 7.89. The predicted molar refractivity (Wildman–Crippen MR) is 118 cm³/mol. The van der Waals surface area contributed by atoms with Crippen molar-refractivity contribution in [3.63, 3.8) is 0 Å². The van der Waals surface area contributed by atoms with Gasteiger partial charge in [-0.25, -0.2) is 13.1 Å². The summed E-state index contributed by atoms with van der Waals surface area (Å²) < 4.78 is 27.8. The van der Waals surface area contributed by atoms with Crippen molar-refractivity contribution in [2.75, 3.05) is 29.9 Å². The quantitative estimate of drug-likeness (QED) is 0.569. The number of carbonyl (C=O) groups excluding carboxylic acids is 1. The van der Waals surface area contributed by atoms with Gasteiger partial charge in [0, 0.05) is 48.5 Å². The molecule has 0 aliphatic carbocycles. The minimum atomic E-state index is -3.62. The Morgan fingerprint density at radius 2 is 1.83 bits per heavy atom. The zero-order valence-corrected chi connectivity index (χ0v) is 17.6. The average molecular weight is 425 g/mol. The van der Waals surface area contributed by atoms with Crippen molar-refractivity contribution in [2.24, 2.45) is 0 Å². The fourth-order valence-electron chi connectivity index (χ4n) is 3.65. The zero-order valence-electron chi connectivity index (χ0n) is 16.8. The summed E-state index contributed by atoms with van der Waals surface area (Å²) >= 11 is 0. The van der Waals surface area contributed by atoms with E-state index in [1.165, 1.54) is 12.1 Å². The molecule has 1 aliphatic heterocycles. The fourth-order valence-corrected chi connectivity index (χ4v) is 4.68. The van der Waals surface area contributed by atoms with E-state index in [0.717, 1.165) is 34.4 Å². The SMILES string of the molecule is Cc1cc(NCCNS(=O)(=O)c2ccc(N3CCCC3=O)cc2)c2ccccc2n1. The van der Waals surface area contributed by atoms with Gasteiger partial charge >= 0.3 is 0 Å². The van der Waals surface area contributed by atoms with Crippen LogP contribution < -0.4 is 14.9 Å². The van der Waals surface area contributed by atoms with E-state index in [9.17, 15) is 13.2 Å². The number of hydrogen-bond acceptors (Lipinski definition) is 5. The van der Waals surface area contributed by atoms with E-state index < -0.39 is 10.0 Å². The molecule has 1 amide bonds. The third-order valence-corrected chi connectivity index (χ3v) is 6.59. The van der Waals surface area contributed by atoms with E-state index in [4.69, 9.17) is 0 Å². The molecule has 2 N–H and O–H groups in total.